The number of pyridine rings is 1. The normalized spacial score (nSPS) is 11.1. The first kappa shape index (κ1) is 23.4. The zero-order valence-electron chi connectivity index (χ0n) is 20.3. The zero-order valence-corrected chi connectivity index (χ0v) is 20.3. The summed E-state index contributed by atoms with van der Waals surface area (Å²) in [5, 5.41) is 14.2. The smallest absolute Gasteiger partial charge is 0.299 e. The van der Waals surface area contributed by atoms with Crippen molar-refractivity contribution in [2.24, 2.45) is 0 Å². The molecular weight excluding hydrogens is 450 g/mol. The molecule has 182 valence electrons. The van der Waals surface area contributed by atoms with E-state index in [9.17, 15) is 4.79 Å². The SMILES string of the molecule is CCCCc1cn(CCc2ccccc2)c(=O)n1Cc1cnccc1-c1ccc(-c2nn[nH]n2)cc1. The van der Waals surface area contributed by atoms with E-state index in [4.69, 9.17) is 0 Å². The number of nitrogens with one attached hydrogen (secondary N) is 1. The van der Waals surface area contributed by atoms with E-state index in [2.05, 4.69) is 44.7 Å². The lowest BCUT2D eigenvalue weighted by Crippen LogP contribution is -2.26. The van der Waals surface area contributed by atoms with E-state index < -0.39 is 0 Å². The highest BCUT2D eigenvalue weighted by molar-refractivity contribution is 5.69. The Morgan fingerprint density at radius 1 is 0.944 bits per heavy atom. The first-order valence-electron chi connectivity index (χ1n) is 12.3. The van der Waals surface area contributed by atoms with Crippen molar-refractivity contribution in [3.05, 3.63) is 107 Å². The molecule has 3 heterocycles. The maximum absolute atomic E-state index is 13.5. The number of benzene rings is 2. The Bertz CT molecular complexity index is 1450. The quantitative estimate of drug-likeness (QED) is 0.318. The number of H-pyrrole nitrogens is 1. The van der Waals surface area contributed by atoms with Crippen molar-refractivity contribution in [2.45, 2.75) is 45.7 Å². The molecule has 0 aliphatic heterocycles. The van der Waals surface area contributed by atoms with Crippen LogP contribution in [0.4, 0.5) is 0 Å². The van der Waals surface area contributed by atoms with E-state index in [1.165, 1.54) is 5.56 Å². The lowest BCUT2D eigenvalue weighted by molar-refractivity contribution is 0.625. The number of nitrogens with zero attached hydrogens (tertiary/aromatic N) is 6. The number of aromatic nitrogens is 7. The number of hydrogen-bond donors (Lipinski definition) is 1. The average molecular weight is 480 g/mol. The summed E-state index contributed by atoms with van der Waals surface area (Å²) in [5.41, 5.74) is 6.31. The number of unbranched alkanes of at least 4 members (excludes halogenated alkanes) is 1. The third-order valence-corrected chi connectivity index (χ3v) is 6.43. The van der Waals surface area contributed by atoms with Crippen molar-refractivity contribution in [3.63, 3.8) is 0 Å². The van der Waals surface area contributed by atoms with Crippen LogP contribution in [0.5, 0.6) is 0 Å². The predicted octanol–water partition coefficient (Wildman–Crippen LogP) is 4.53. The van der Waals surface area contributed by atoms with Crippen LogP contribution in [0.3, 0.4) is 0 Å². The number of rotatable bonds is 10. The first-order chi connectivity index (χ1) is 17.7. The van der Waals surface area contributed by atoms with E-state index >= 15 is 0 Å². The summed E-state index contributed by atoms with van der Waals surface area (Å²) in [6, 6.07) is 20.3. The van der Waals surface area contributed by atoms with Crippen LogP contribution in [0.1, 0.15) is 36.6 Å². The highest BCUT2D eigenvalue weighted by Crippen LogP contribution is 2.26. The van der Waals surface area contributed by atoms with Crippen molar-refractivity contribution in [1.29, 1.82) is 0 Å². The minimum Gasteiger partial charge on any atom is -0.299 e. The van der Waals surface area contributed by atoms with Gasteiger partial charge in [-0.1, -0.05) is 67.9 Å². The van der Waals surface area contributed by atoms with E-state index in [0.29, 0.717) is 18.9 Å². The van der Waals surface area contributed by atoms with Gasteiger partial charge >= 0.3 is 5.69 Å². The van der Waals surface area contributed by atoms with E-state index in [0.717, 1.165) is 53.6 Å². The number of hydrogen-bond acceptors (Lipinski definition) is 5. The van der Waals surface area contributed by atoms with E-state index in [-0.39, 0.29) is 5.69 Å². The Morgan fingerprint density at radius 2 is 1.75 bits per heavy atom. The number of tetrazole rings is 1. The summed E-state index contributed by atoms with van der Waals surface area (Å²) in [6.07, 6.45) is 9.50. The Balaban J connectivity index is 1.43. The lowest BCUT2D eigenvalue weighted by atomic mass is 10.00. The molecule has 0 saturated heterocycles. The fourth-order valence-corrected chi connectivity index (χ4v) is 4.45. The Hall–Kier alpha value is -4.33. The summed E-state index contributed by atoms with van der Waals surface area (Å²) in [7, 11) is 0. The van der Waals surface area contributed by atoms with Gasteiger partial charge in [-0.25, -0.2) is 4.79 Å². The van der Waals surface area contributed by atoms with Gasteiger partial charge in [0, 0.05) is 36.4 Å². The average Bonchev–Trinajstić information content (AvgIpc) is 3.56. The minimum atomic E-state index is 0.0271. The van der Waals surface area contributed by atoms with Crippen LogP contribution in [-0.4, -0.2) is 34.7 Å². The Labute approximate surface area is 209 Å². The van der Waals surface area contributed by atoms with Crippen LogP contribution in [0, 0.1) is 0 Å². The largest absolute Gasteiger partial charge is 0.328 e. The molecule has 1 N–H and O–H groups in total. The first-order valence-corrected chi connectivity index (χ1v) is 12.3. The molecule has 0 spiro atoms. The molecule has 2 aromatic carbocycles. The molecular formula is C28H29N7O. The van der Waals surface area contributed by atoms with Gasteiger partial charge in [0.25, 0.3) is 0 Å². The van der Waals surface area contributed by atoms with Crippen LogP contribution < -0.4 is 5.69 Å². The highest BCUT2D eigenvalue weighted by Gasteiger charge is 2.15. The van der Waals surface area contributed by atoms with Gasteiger partial charge in [0.2, 0.25) is 5.82 Å². The highest BCUT2D eigenvalue weighted by atomic mass is 16.1. The van der Waals surface area contributed by atoms with Crippen LogP contribution >= 0.6 is 0 Å². The summed E-state index contributed by atoms with van der Waals surface area (Å²) < 4.78 is 3.77. The molecule has 0 unspecified atom stereocenters. The number of imidazole rings is 1. The Morgan fingerprint density at radius 3 is 2.50 bits per heavy atom. The second kappa shape index (κ2) is 10.9. The fourth-order valence-electron chi connectivity index (χ4n) is 4.45. The van der Waals surface area contributed by atoms with Gasteiger partial charge in [-0.2, -0.15) is 5.21 Å². The molecule has 8 nitrogen and oxygen atoms in total. The maximum atomic E-state index is 13.5. The number of aromatic amines is 1. The van der Waals surface area contributed by atoms with Crippen LogP contribution in [0.15, 0.2) is 84.0 Å². The predicted molar refractivity (Wildman–Crippen MR) is 139 cm³/mol. The molecule has 36 heavy (non-hydrogen) atoms. The molecule has 0 amide bonds. The molecule has 0 saturated carbocycles. The third-order valence-electron chi connectivity index (χ3n) is 6.43. The van der Waals surface area contributed by atoms with Crippen molar-refractivity contribution in [2.75, 3.05) is 0 Å². The fraction of sp³-hybridized carbons (Fsp3) is 0.250. The lowest BCUT2D eigenvalue weighted by Gasteiger charge is -2.12. The standard InChI is InChI=1S/C28H29N7O/c1-2-3-9-25-20-34(17-15-21-7-5-4-6-8-21)28(36)35(25)19-24-18-29-16-14-26(24)22-10-12-23(13-11-22)27-30-32-33-31-27/h4-8,10-14,16,18,20H,2-3,9,15,17,19H2,1H3,(H,30,31,32,33). The van der Waals surface area contributed by atoms with Gasteiger partial charge in [-0.15, -0.1) is 10.2 Å². The second-order valence-electron chi connectivity index (χ2n) is 8.87. The molecule has 5 aromatic rings. The topological polar surface area (TPSA) is 94.3 Å². The molecule has 0 aliphatic rings. The number of aryl methyl sites for hydroxylation is 3. The molecule has 0 radical (unpaired) electrons. The van der Waals surface area contributed by atoms with Gasteiger partial charge in [-0.3, -0.25) is 14.1 Å². The molecule has 5 rings (SSSR count). The van der Waals surface area contributed by atoms with Crippen LogP contribution in [0.25, 0.3) is 22.5 Å². The molecule has 3 aromatic heterocycles. The maximum Gasteiger partial charge on any atom is 0.328 e. The van der Waals surface area contributed by atoms with Crippen molar-refractivity contribution < 1.29 is 0 Å². The van der Waals surface area contributed by atoms with Crippen LogP contribution in [0.2, 0.25) is 0 Å². The van der Waals surface area contributed by atoms with E-state index in [1.807, 2.05) is 70.1 Å². The van der Waals surface area contributed by atoms with Crippen molar-refractivity contribution >= 4 is 0 Å². The summed E-state index contributed by atoms with van der Waals surface area (Å²) in [4.78, 5) is 17.9. The van der Waals surface area contributed by atoms with Gasteiger partial charge in [0.05, 0.1) is 6.54 Å². The van der Waals surface area contributed by atoms with E-state index in [1.54, 1.807) is 6.20 Å². The van der Waals surface area contributed by atoms with Gasteiger partial charge in [0.1, 0.15) is 0 Å². The summed E-state index contributed by atoms with van der Waals surface area (Å²) in [6.45, 7) is 3.31. The molecule has 0 atom stereocenters. The molecule has 8 heteroatoms. The summed E-state index contributed by atoms with van der Waals surface area (Å²) >= 11 is 0. The van der Waals surface area contributed by atoms with Gasteiger partial charge < -0.3 is 0 Å². The monoisotopic (exact) mass is 479 g/mol. The van der Waals surface area contributed by atoms with Crippen molar-refractivity contribution in [3.8, 4) is 22.5 Å². The van der Waals surface area contributed by atoms with Crippen molar-refractivity contribution in [1.82, 2.24) is 34.7 Å². The summed E-state index contributed by atoms with van der Waals surface area (Å²) in [5.74, 6) is 0.556. The third kappa shape index (κ3) is 5.17. The molecule has 0 aliphatic carbocycles. The van der Waals surface area contributed by atoms with Gasteiger partial charge in [-0.05, 0) is 52.8 Å². The van der Waals surface area contributed by atoms with Crippen LogP contribution in [-0.2, 0) is 25.9 Å². The second-order valence-corrected chi connectivity index (χ2v) is 8.87. The Kier molecular flexibility index (Phi) is 7.12. The minimum absolute atomic E-state index is 0.0271. The molecule has 0 bridgehead atoms. The van der Waals surface area contributed by atoms with Gasteiger partial charge in [0.15, 0.2) is 0 Å². The molecule has 0 fully saturated rings. The zero-order chi connectivity index (χ0) is 24.7.